The van der Waals surface area contributed by atoms with Crippen LogP contribution in [0.1, 0.15) is 39.1 Å². The third-order valence-corrected chi connectivity index (χ3v) is 3.31. The molecule has 0 spiro atoms. The number of carbonyl (C=O) groups excluding carboxylic acids is 2. The van der Waals surface area contributed by atoms with E-state index in [4.69, 9.17) is 10.4 Å². The quantitative estimate of drug-likeness (QED) is 0.795. The molecule has 0 atom stereocenters. The lowest BCUT2D eigenvalue weighted by Crippen LogP contribution is -2.12. The van der Waals surface area contributed by atoms with Crippen molar-refractivity contribution in [2.45, 2.75) is 12.8 Å². The summed E-state index contributed by atoms with van der Waals surface area (Å²) in [4.78, 5) is 34.3. The molecule has 120 valence electrons. The van der Waals surface area contributed by atoms with Crippen LogP contribution in [0.25, 0.3) is 0 Å². The first-order chi connectivity index (χ1) is 11.5. The Morgan fingerprint density at radius 1 is 0.917 bits per heavy atom. The van der Waals surface area contributed by atoms with Gasteiger partial charge in [-0.25, -0.2) is 0 Å². The van der Waals surface area contributed by atoms with E-state index in [9.17, 15) is 14.4 Å². The van der Waals surface area contributed by atoms with Gasteiger partial charge in [-0.2, -0.15) is 5.26 Å². The minimum Gasteiger partial charge on any atom is -0.481 e. The topological polar surface area (TPSA) is 107 Å². The van der Waals surface area contributed by atoms with Gasteiger partial charge >= 0.3 is 5.97 Å². The van der Waals surface area contributed by atoms with Gasteiger partial charge in [0.05, 0.1) is 18.1 Å². The zero-order valence-corrected chi connectivity index (χ0v) is 12.7. The van der Waals surface area contributed by atoms with E-state index in [2.05, 4.69) is 5.32 Å². The average Bonchev–Trinajstić information content (AvgIpc) is 2.60. The summed E-state index contributed by atoms with van der Waals surface area (Å²) in [6.45, 7) is 0. The fourth-order valence-corrected chi connectivity index (χ4v) is 2.00. The molecule has 2 aromatic carbocycles. The number of hydrogen-bond acceptors (Lipinski definition) is 4. The highest BCUT2D eigenvalue weighted by molar-refractivity contribution is 6.04. The molecule has 0 aliphatic rings. The second kappa shape index (κ2) is 7.70. The van der Waals surface area contributed by atoms with Gasteiger partial charge in [0, 0.05) is 23.2 Å². The van der Waals surface area contributed by atoms with E-state index in [0.29, 0.717) is 22.4 Å². The summed E-state index contributed by atoms with van der Waals surface area (Å²) in [5.74, 6) is -1.61. The van der Waals surface area contributed by atoms with Gasteiger partial charge in [-0.05, 0) is 48.5 Å². The van der Waals surface area contributed by atoms with Crippen molar-refractivity contribution in [2.24, 2.45) is 0 Å². The predicted octanol–water partition coefficient (Wildman–Crippen LogP) is 2.86. The molecule has 1 amide bonds. The van der Waals surface area contributed by atoms with E-state index in [1.807, 2.05) is 6.07 Å². The molecule has 0 aliphatic carbocycles. The molecule has 0 bridgehead atoms. The lowest BCUT2D eigenvalue weighted by atomic mass is 10.1. The SMILES string of the molecule is N#Cc1ccc(C(=O)Nc2ccc(C(=O)CCC(=O)O)cc2)cc1. The molecule has 0 fully saturated rings. The summed E-state index contributed by atoms with van der Waals surface area (Å²) in [7, 11) is 0. The Kier molecular flexibility index (Phi) is 5.42. The van der Waals surface area contributed by atoms with Crippen molar-refractivity contribution < 1.29 is 19.5 Å². The smallest absolute Gasteiger partial charge is 0.303 e. The third-order valence-electron chi connectivity index (χ3n) is 3.31. The molecule has 0 aromatic heterocycles. The van der Waals surface area contributed by atoms with Crippen LogP contribution >= 0.6 is 0 Å². The van der Waals surface area contributed by atoms with Crippen molar-refractivity contribution in [1.29, 1.82) is 5.26 Å². The Morgan fingerprint density at radius 2 is 1.50 bits per heavy atom. The minimum atomic E-state index is -1.02. The summed E-state index contributed by atoms with van der Waals surface area (Å²) in [5.41, 5.74) is 1.79. The second-order valence-electron chi connectivity index (χ2n) is 5.04. The molecule has 0 radical (unpaired) electrons. The number of ketones is 1. The van der Waals surface area contributed by atoms with Crippen LogP contribution in [0.5, 0.6) is 0 Å². The molecular formula is C18H14N2O4. The van der Waals surface area contributed by atoms with Crippen molar-refractivity contribution in [2.75, 3.05) is 5.32 Å². The van der Waals surface area contributed by atoms with Crippen LogP contribution in [0.4, 0.5) is 5.69 Å². The van der Waals surface area contributed by atoms with Crippen LogP contribution in [0.3, 0.4) is 0 Å². The summed E-state index contributed by atoms with van der Waals surface area (Å²) >= 11 is 0. The number of hydrogen-bond donors (Lipinski definition) is 2. The van der Waals surface area contributed by atoms with E-state index in [1.54, 1.807) is 48.5 Å². The van der Waals surface area contributed by atoms with Crippen LogP contribution in [0.2, 0.25) is 0 Å². The summed E-state index contributed by atoms with van der Waals surface area (Å²) in [5, 5.41) is 20.0. The number of nitrogens with one attached hydrogen (secondary N) is 1. The first-order valence-electron chi connectivity index (χ1n) is 7.16. The number of anilines is 1. The number of amides is 1. The normalized spacial score (nSPS) is 9.79. The number of carbonyl (C=O) groups is 3. The van der Waals surface area contributed by atoms with Crippen molar-refractivity contribution in [3.05, 3.63) is 65.2 Å². The minimum absolute atomic E-state index is 0.0632. The number of aliphatic carboxylic acids is 1. The van der Waals surface area contributed by atoms with Gasteiger partial charge in [0.1, 0.15) is 0 Å². The monoisotopic (exact) mass is 322 g/mol. The highest BCUT2D eigenvalue weighted by Gasteiger charge is 2.10. The largest absolute Gasteiger partial charge is 0.481 e. The van der Waals surface area contributed by atoms with Crippen molar-refractivity contribution in [3.8, 4) is 6.07 Å². The van der Waals surface area contributed by atoms with Gasteiger partial charge < -0.3 is 10.4 Å². The lowest BCUT2D eigenvalue weighted by Gasteiger charge is -2.06. The zero-order chi connectivity index (χ0) is 17.5. The van der Waals surface area contributed by atoms with Gasteiger partial charge in [-0.3, -0.25) is 14.4 Å². The third kappa shape index (κ3) is 4.52. The van der Waals surface area contributed by atoms with Crippen molar-refractivity contribution in [3.63, 3.8) is 0 Å². The lowest BCUT2D eigenvalue weighted by molar-refractivity contribution is -0.136. The molecule has 6 heteroatoms. The maximum Gasteiger partial charge on any atom is 0.303 e. The number of benzene rings is 2. The summed E-state index contributed by atoms with van der Waals surface area (Å²) in [6.07, 6.45) is -0.276. The first kappa shape index (κ1) is 16.9. The molecule has 0 saturated heterocycles. The van der Waals surface area contributed by atoms with Crippen molar-refractivity contribution >= 4 is 23.3 Å². The molecule has 0 saturated carbocycles. The van der Waals surface area contributed by atoms with Crippen LogP contribution in [-0.2, 0) is 4.79 Å². The number of carboxylic acid groups (broad SMARTS) is 1. The maximum atomic E-state index is 12.1. The predicted molar refractivity (Wildman–Crippen MR) is 86.8 cm³/mol. The molecule has 0 unspecified atom stereocenters. The first-order valence-corrected chi connectivity index (χ1v) is 7.16. The Labute approximate surface area is 138 Å². The summed E-state index contributed by atoms with van der Waals surface area (Å²) in [6, 6.07) is 14.4. The average molecular weight is 322 g/mol. The van der Waals surface area contributed by atoms with Crippen LogP contribution < -0.4 is 5.32 Å². The zero-order valence-electron chi connectivity index (χ0n) is 12.7. The molecule has 0 aliphatic heterocycles. The highest BCUT2D eigenvalue weighted by atomic mass is 16.4. The molecule has 6 nitrogen and oxygen atoms in total. The summed E-state index contributed by atoms with van der Waals surface area (Å²) < 4.78 is 0. The second-order valence-corrected chi connectivity index (χ2v) is 5.04. The number of nitriles is 1. The fourth-order valence-electron chi connectivity index (χ4n) is 2.00. The van der Waals surface area contributed by atoms with Gasteiger partial charge in [-0.1, -0.05) is 0 Å². The van der Waals surface area contributed by atoms with Gasteiger partial charge in [0.25, 0.3) is 5.91 Å². The van der Waals surface area contributed by atoms with Crippen LogP contribution in [0, 0.1) is 11.3 Å². The van der Waals surface area contributed by atoms with Crippen molar-refractivity contribution in [1.82, 2.24) is 0 Å². The van der Waals surface area contributed by atoms with E-state index >= 15 is 0 Å². The van der Waals surface area contributed by atoms with E-state index in [0.717, 1.165) is 0 Å². The van der Waals surface area contributed by atoms with E-state index < -0.39 is 5.97 Å². The number of rotatable bonds is 6. The van der Waals surface area contributed by atoms with Crippen LogP contribution in [0.15, 0.2) is 48.5 Å². The fraction of sp³-hybridized carbons (Fsp3) is 0.111. The van der Waals surface area contributed by atoms with E-state index in [1.165, 1.54) is 0 Å². The Balaban J connectivity index is 2.00. The maximum absolute atomic E-state index is 12.1. The number of carboxylic acids is 1. The molecule has 0 heterocycles. The van der Waals surface area contributed by atoms with Gasteiger partial charge in [-0.15, -0.1) is 0 Å². The molecule has 2 aromatic rings. The van der Waals surface area contributed by atoms with Gasteiger partial charge in [0.2, 0.25) is 0 Å². The van der Waals surface area contributed by atoms with Gasteiger partial charge in [0.15, 0.2) is 5.78 Å². The Bertz CT molecular complexity index is 802. The molecule has 2 rings (SSSR count). The van der Waals surface area contributed by atoms with Crippen LogP contribution in [-0.4, -0.2) is 22.8 Å². The van der Waals surface area contributed by atoms with E-state index in [-0.39, 0.29) is 24.5 Å². The Morgan fingerprint density at radius 3 is 2.04 bits per heavy atom. The number of Topliss-reactive ketones (excluding diaryl/α,β-unsaturated/α-hetero) is 1. The number of nitrogens with zero attached hydrogens (tertiary/aromatic N) is 1. The standard InChI is InChI=1S/C18H14N2O4/c19-11-12-1-3-14(4-2-12)18(24)20-15-7-5-13(6-8-15)16(21)9-10-17(22)23/h1-8H,9-10H2,(H,20,24)(H,22,23). The molecular weight excluding hydrogens is 308 g/mol. The molecule has 2 N–H and O–H groups in total. The molecule has 24 heavy (non-hydrogen) atoms. The highest BCUT2D eigenvalue weighted by Crippen LogP contribution is 2.14. The Hall–Kier alpha value is -3.46.